The molecule has 0 bridgehead atoms. The third-order valence-electron chi connectivity index (χ3n) is 2.35. The molecule has 1 aliphatic rings. The van der Waals surface area contributed by atoms with Gasteiger partial charge in [0.15, 0.2) is 5.75 Å². The fourth-order valence-corrected chi connectivity index (χ4v) is 2.13. The highest BCUT2D eigenvalue weighted by atomic mass is 32.2. The number of aromatic hydroxyl groups is 1. The molecule has 0 amide bonds. The maximum atomic E-state index is 9.64. The zero-order valence-corrected chi connectivity index (χ0v) is 10.3. The van der Waals surface area contributed by atoms with Gasteiger partial charge in [0, 0.05) is 18.8 Å². The Labute approximate surface area is 105 Å². The molecule has 0 spiro atoms. The number of rotatable bonds is 4. The normalized spacial score (nSPS) is 15.9. The largest absolute Gasteiger partial charge is 0.504 e. The minimum Gasteiger partial charge on any atom is -0.504 e. The fourth-order valence-electron chi connectivity index (χ4n) is 1.51. The van der Waals surface area contributed by atoms with Gasteiger partial charge in [0.05, 0.1) is 19.4 Å². The highest BCUT2D eigenvalue weighted by molar-refractivity contribution is 7.99. The maximum Gasteiger partial charge on any atom is 0.226 e. The second-order valence-corrected chi connectivity index (χ2v) is 4.57. The summed E-state index contributed by atoms with van der Waals surface area (Å²) < 4.78 is 5.27. The minimum absolute atomic E-state index is 0.119. The first-order valence-corrected chi connectivity index (χ1v) is 6.42. The first-order chi connectivity index (χ1) is 8.31. The van der Waals surface area contributed by atoms with E-state index in [1.165, 1.54) is 18.0 Å². The molecule has 2 heterocycles. The topological polar surface area (TPSA) is 58.5 Å². The zero-order chi connectivity index (χ0) is 12.1. The van der Waals surface area contributed by atoms with Crippen LogP contribution in [0.1, 0.15) is 0 Å². The Kier molecular flexibility index (Phi) is 4.22. The summed E-state index contributed by atoms with van der Waals surface area (Å²) in [7, 11) is 0. The minimum atomic E-state index is 0.119. The van der Waals surface area contributed by atoms with Gasteiger partial charge in [0.1, 0.15) is 5.03 Å². The SMILES string of the molecule is C=CCSc1nc(N2CCOCC2)ncc1O. The molecular formula is C11H15N3O2S. The van der Waals surface area contributed by atoms with Crippen molar-refractivity contribution < 1.29 is 9.84 Å². The predicted molar refractivity (Wildman–Crippen MR) is 67.6 cm³/mol. The van der Waals surface area contributed by atoms with Crippen molar-refractivity contribution in [1.82, 2.24) is 9.97 Å². The molecule has 2 rings (SSSR count). The molecule has 0 atom stereocenters. The number of nitrogens with zero attached hydrogens (tertiary/aromatic N) is 3. The Morgan fingerprint density at radius 1 is 1.53 bits per heavy atom. The lowest BCUT2D eigenvalue weighted by Gasteiger charge is -2.26. The summed E-state index contributed by atoms with van der Waals surface area (Å²) in [5, 5.41) is 10.2. The van der Waals surface area contributed by atoms with Crippen LogP contribution in [0.15, 0.2) is 23.9 Å². The summed E-state index contributed by atoms with van der Waals surface area (Å²) >= 11 is 1.45. The fraction of sp³-hybridized carbons (Fsp3) is 0.455. The molecule has 1 fully saturated rings. The van der Waals surface area contributed by atoms with Crippen LogP contribution in [0.5, 0.6) is 5.75 Å². The van der Waals surface area contributed by atoms with E-state index in [0.29, 0.717) is 29.9 Å². The Hall–Kier alpha value is -1.27. The van der Waals surface area contributed by atoms with Gasteiger partial charge in [0.25, 0.3) is 0 Å². The smallest absolute Gasteiger partial charge is 0.226 e. The Morgan fingerprint density at radius 3 is 3.00 bits per heavy atom. The number of hydrogen-bond acceptors (Lipinski definition) is 6. The van der Waals surface area contributed by atoms with Crippen molar-refractivity contribution in [2.24, 2.45) is 0 Å². The van der Waals surface area contributed by atoms with Crippen LogP contribution in [0.25, 0.3) is 0 Å². The van der Waals surface area contributed by atoms with Crippen LogP contribution < -0.4 is 4.90 Å². The van der Waals surface area contributed by atoms with Gasteiger partial charge in [-0.2, -0.15) is 0 Å². The van der Waals surface area contributed by atoms with Crippen molar-refractivity contribution in [2.45, 2.75) is 5.03 Å². The van der Waals surface area contributed by atoms with Gasteiger partial charge in [-0.1, -0.05) is 17.8 Å². The average Bonchev–Trinajstić information content (AvgIpc) is 2.39. The summed E-state index contributed by atoms with van der Waals surface area (Å²) in [4.78, 5) is 10.6. The standard InChI is InChI=1S/C11H15N3O2S/c1-2-7-17-10-9(15)8-12-11(13-10)14-3-5-16-6-4-14/h2,8,15H,1,3-7H2. The quantitative estimate of drug-likeness (QED) is 0.496. The number of hydrogen-bond donors (Lipinski definition) is 1. The number of anilines is 1. The van der Waals surface area contributed by atoms with Gasteiger partial charge in [-0.3, -0.25) is 0 Å². The van der Waals surface area contributed by atoms with Crippen molar-refractivity contribution in [1.29, 1.82) is 0 Å². The van der Waals surface area contributed by atoms with Gasteiger partial charge in [0.2, 0.25) is 5.95 Å². The molecule has 0 aromatic carbocycles. The van der Waals surface area contributed by atoms with Crippen molar-refractivity contribution in [3.05, 3.63) is 18.9 Å². The van der Waals surface area contributed by atoms with E-state index in [1.807, 2.05) is 0 Å². The van der Waals surface area contributed by atoms with Crippen molar-refractivity contribution in [3.63, 3.8) is 0 Å². The second kappa shape index (κ2) is 5.88. The monoisotopic (exact) mass is 253 g/mol. The molecule has 1 aromatic heterocycles. The van der Waals surface area contributed by atoms with E-state index >= 15 is 0 Å². The highest BCUT2D eigenvalue weighted by Crippen LogP contribution is 2.27. The first kappa shape index (κ1) is 12.2. The zero-order valence-electron chi connectivity index (χ0n) is 9.50. The van der Waals surface area contributed by atoms with E-state index in [9.17, 15) is 5.11 Å². The van der Waals surface area contributed by atoms with Gasteiger partial charge in [-0.25, -0.2) is 9.97 Å². The van der Waals surface area contributed by atoms with E-state index in [2.05, 4.69) is 21.4 Å². The molecule has 6 heteroatoms. The van der Waals surface area contributed by atoms with Crippen LogP contribution in [-0.2, 0) is 4.74 Å². The van der Waals surface area contributed by atoms with E-state index in [4.69, 9.17) is 4.74 Å². The number of ether oxygens (including phenoxy) is 1. The summed E-state index contributed by atoms with van der Waals surface area (Å²) in [5.41, 5.74) is 0. The van der Waals surface area contributed by atoms with Crippen LogP contribution >= 0.6 is 11.8 Å². The number of aromatic nitrogens is 2. The van der Waals surface area contributed by atoms with Crippen molar-refractivity contribution in [2.75, 3.05) is 37.0 Å². The molecule has 1 aliphatic heterocycles. The lowest BCUT2D eigenvalue weighted by molar-refractivity contribution is 0.122. The average molecular weight is 253 g/mol. The van der Waals surface area contributed by atoms with Crippen LogP contribution in [0.2, 0.25) is 0 Å². The van der Waals surface area contributed by atoms with Crippen molar-refractivity contribution >= 4 is 17.7 Å². The third kappa shape index (κ3) is 3.10. The molecule has 5 nitrogen and oxygen atoms in total. The summed E-state index contributed by atoms with van der Waals surface area (Å²) in [6.45, 7) is 6.61. The molecule has 1 aromatic rings. The van der Waals surface area contributed by atoms with E-state index in [1.54, 1.807) is 6.08 Å². The molecule has 0 unspecified atom stereocenters. The lowest BCUT2D eigenvalue weighted by atomic mass is 10.4. The molecule has 92 valence electrons. The second-order valence-electron chi connectivity index (χ2n) is 3.56. The summed E-state index contributed by atoms with van der Waals surface area (Å²) in [6, 6.07) is 0. The molecule has 0 aliphatic carbocycles. The van der Waals surface area contributed by atoms with E-state index < -0.39 is 0 Å². The first-order valence-electron chi connectivity index (χ1n) is 5.43. The van der Waals surface area contributed by atoms with Gasteiger partial charge in [-0.05, 0) is 0 Å². The molecule has 1 N–H and O–H groups in total. The highest BCUT2D eigenvalue weighted by Gasteiger charge is 2.15. The molecule has 0 saturated carbocycles. The van der Waals surface area contributed by atoms with Gasteiger partial charge < -0.3 is 14.7 Å². The van der Waals surface area contributed by atoms with Crippen LogP contribution in [-0.4, -0.2) is 47.1 Å². The molecule has 0 radical (unpaired) electrons. The number of morpholine rings is 1. The maximum absolute atomic E-state index is 9.64. The van der Waals surface area contributed by atoms with Crippen LogP contribution in [0.4, 0.5) is 5.95 Å². The van der Waals surface area contributed by atoms with Gasteiger partial charge >= 0.3 is 0 Å². The van der Waals surface area contributed by atoms with Crippen molar-refractivity contribution in [3.8, 4) is 5.75 Å². The van der Waals surface area contributed by atoms with E-state index in [0.717, 1.165) is 13.1 Å². The molecular weight excluding hydrogens is 238 g/mol. The molecule has 1 saturated heterocycles. The summed E-state index contributed by atoms with van der Waals surface area (Å²) in [5.74, 6) is 1.49. The molecule has 17 heavy (non-hydrogen) atoms. The van der Waals surface area contributed by atoms with Gasteiger partial charge in [-0.15, -0.1) is 6.58 Å². The summed E-state index contributed by atoms with van der Waals surface area (Å²) in [6.07, 6.45) is 3.23. The third-order valence-corrected chi connectivity index (χ3v) is 3.33. The van der Waals surface area contributed by atoms with Crippen LogP contribution in [0, 0.1) is 0 Å². The Bertz CT molecular complexity index is 394. The Balaban J connectivity index is 2.14. The number of thioether (sulfide) groups is 1. The predicted octanol–water partition coefficient (Wildman–Crippen LogP) is 1.30. The Morgan fingerprint density at radius 2 is 2.29 bits per heavy atom. The van der Waals surface area contributed by atoms with Crippen LogP contribution in [0.3, 0.4) is 0 Å². The lowest BCUT2D eigenvalue weighted by Crippen LogP contribution is -2.37. The van der Waals surface area contributed by atoms with E-state index in [-0.39, 0.29) is 5.75 Å².